The number of amides is 1. The molecule has 1 unspecified atom stereocenters. The lowest BCUT2D eigenvalue weighted by molar-refractivity contribution is -0.135. The van der Waals surface area contributed by atoms with Crippen molar-refractivity contribution in [2.24, 2.45) is 5.92 Å². The van der Waals surface area contributed by atoms with Gasteiger partial charge in [0.2, 0.25) is 5.91 Å². The molecule has 1 aromatic rings. The topological polar surface area (TPSA) is 45.5 Å². The molecule has 1 amide bonds. The lowest BCUT2D eigenvalue weighted by Crippen LogP contribution is -2.37. The molecule has 2 rings (SSSR count). The first-order chi connectivity index (χ1) is 8.81. The van der Waals surface area contributed by atoms with Gasteiger partial charge in [-0.25, -0.2) is 0 Å². The van der Waals surface area contributed by atoms with E-state index in [4.69, 9.17) is 4.42 Å². The average Bonchev–Trinajstić information content (AvgIpc) is 3.06. The minimum Gasteiger partial charge on any atom is -0.467 e. The predicted octanol–water partition coefficient (Wildman–Crippen LogP) is 2.02. The summed E-state index contributed by atoms with van der Waals surface area (Å²) in [5.74, 6) is 1.28. The summed E-state index contributed by atoms with van der Waals surface area (Å²) in [5.41, 5.74) is 0. The Morgan fingerprint density at radius 3 is 3.11 bits per heavy atom. The molecule has 18 heavy (non-hydrogen) atoms. The number of unbranched alkanes of at least 4 members (excludes halogenated alkanes) is 1. The molecular formula is C14H22N2O2. The molecule has 0 spiro atoms. The molecule has 0 aliphatic carbocycles. The lowest BCUT2D eigenvalue weighted by atomic mass is 10.1. The van der Waals surface area contributed by atoms with Gasteiger partial charge in [-0.15, -0.1) is 0 Å². The van der Waals surface area contributed by atoms with Crippen LogP contribution in [-0.2, 0) is 11.3 Å². The second-order valence-corrected chi connectivity index (χ2v) is 4.88. The smallest absolute Gasteiger partial charge is 0.227 e. The molecule has 4 nitrogen and oxygen atoms in total. The van der Waals surface area contributed by atoms with Crippen LogP contribution < -0.4 is 5.32 Å². The fourth-order valence-corrected chi connectivity index (χ4v) is 2.33. The van der Waals surface area contributed by atoms with Gasteiger partial charge in [-0.3, -0.25) is 4.79 Å². The molecule has 1 N–H and O–H groups in total. The first-order valence-corrected chi connectivity index (χ1v) is 6.83. The van der Waals surface area contributed by atoms with Crippen molar-refractivity contribution in [2.45, 2.75) is 32.7 Å². The van der Waals surface area contributed by atoms with Crippen molar-refractivity contribution in [2.75, 3.05) is 19.6 Å². The van der Waals surface area contributed by atoms with Crippen molar-refractivity contribution in [1.29, 1.82) is 0 Å². The van der Waals surface area contributed by atoms with E-state index in [0.29, 0.717) is 6.54 Å². The van der Waals surface area contributed by atoms with Gasteiger partial charge in [-0.2, -0.15) is 0 Å². The fourth-order valence-electron chi connectivity index (χ4n) is 2.33. The summed E-state index contributed by atoms with van der Waals surface area (Å²) in [6.07, 6.45) is 4.77. The van der Waals surface area contributed by atoms with E-state index in [1.165, 1.54) is 0 Å². The second-order valence-electron chi connectivity index (χ2n) is 4.88. The molecule has 1 atom stereocenters. The zero-order valence-corrected chi connectivity index (χ0v) is 11.0. The Morgan fingerprint density at radius 2 is 2.50 bits per heavy atom. The number of carbonyl (C=O) groups is 1. The summed E-state index contributed by atoms with van der Waals surface area (Å²) in [6, 6.07) is 3.80. The summed E-state index contributed by atoms with van der Waals surface area (Å²) in [6.45, 7) is 5.35. The summed E-state index contributed by atoms with van der Waals surface area (Å²) in [4.78, 5) is 14.4. The van der Waals surface area contributed by atoms with Gasteiger partial charge in [0, 0.05) is 13.1 Å². The van der Waals surface area contributed by atoms with Crippen LogP contribution in [0.4, 0.5) is 0 Å². The summed E-state index contributed by atoms with van der Waals surface area (Å²) < 4.78 is 5.35. The quantitative estimate of drug-likeness (QED) is 0.840. The fraction of sp³-hybridized carbons (Fsp3) is 0.643. The predicted molar refractivity (Wildman–Crippen MR) is 70.0 cm³/mol. The van der Waals surface area contributed by atoms with Gasteiger partial charge in [0.15, 0.2) is 0 Å². The Kier molecular flexibility index (Phi) is 4.81. The molecule has 1 aromatic heterocycles. The Hall–Kier alpha value is -1.29. The minimum atomic E-state index is 0.150. The highest BCUT2D eigenvalue weighted by atomic mass is 16.3. The van der Waals surface area contributed by atoms with Crippen molar-refractivity contribution < 1.29 is 9.21 Å². The first-order valence-electron chi connectivity index (χ1n) is 6.83. The van der Waals surface area contributed by atoms with Crippen LogP contribution in [0.5, 0.6) is 0 Å². The van der Waals surface area contributed by atoms with Crippen molar-refractivity contribution in [3.05, 3.63) is 24.2 Å². The Morgan fingerprint density at radius 1 is 1.61 bits per heavy atom. The molecule has 100 valence electrons. The second kappa shape index (κ2) is 6.59. The van der Waals surface area contributed by atoms with Crippen molar-refractivity contribution in [3.8, 4) is 0 Å². The maximum absolute atomic E-state index is 12.4. The molecule has 1 saturated heterocycles. The maximum Gasteiger partial charge on any atom is 0.227 e. The van der Waals surface area contributed by atoms with Gasteiger partial charge in [0.1, 0.15) is 5.76 Å². The van der Waals surface area contributed by atoms with Crippen LogP contribution in [0, 0.1) is 5.92 Å². The zero-order chi connectivity index (χ0) is 12.8. The Balaban J connectivity index is 1.96. The summed E-state index contributed by atoms with van der Waals surface area (Å²) in [7, 11) is 0. The molecular weight excluding hydrogens is 228 g/mol. The van der Waals surface area contributed by atoms with Gasteiger partial charge in [0.05, 0.1) is 18.7 Å². The minimum absolute atomic E-state index is 0.150. The Bertz CT molecular complexity index is 356. The third-order valence-corrected chi connectivity index (χ3v) is 3.43. The lowest BCUT2D eigenvalue weighted by Gasteiger charge is -2.24. The number of carbonyl (C=O) groups excluding carboxylic acids is 1. The molecule has 0 radical (unpaired) electrons. The third kappa shape index (κ3) is 3.35. The Labute approximate surface area is 108 Å². The van der Waals surface area contributed by atoms with E-state index in [1.807, 2.05) is 17.0 Å². The number of rotatable bonds is 6. The maximum atomic E-state index is 12.4. The monoisotopic (exact) mass is 250 g/mol. The van der Waals surface area contributed by atoms with Gasteiger partial charge in [-0.05, 0) is 31.5 Å². The third-order valence-electron chi connectivity index (χ3n) is 3.43. The van der Waals surface area contributed by atoms with E-state index < -0.39 is 0 Å². The SMILES string of the molecule is CCCCN(Cc1ccco1)C(=O)C1CCNC1. The largest absolute Gasteiger partial charge is 0.467 e. The number of hydrogen-bond donors (Lipinski definition) is 1. The zero-order valence-electron chi connectivity index (χ0n) is 11.0. The van der Waals surface area contributed by atoms with Gasteiger partial charge >= 0.3 is 0 Å². The van der Waals surface area contributed by atoms with Gasteiger partial charge in [-0.1, -0.05) is 13.3 Å². The molecule has 4 heteroatoms. The van der Waals surface area contributed by atoms with Crippen molar-refractivity contribution in [3.63, 3.8) is 0 Å². The molecule has 1 aliphatic heterocycles. The highest BCUT2D eigenvalue weighted by Gasteiger charge is 2.27. The first kappa shape index (κ1) is 13.1. The van der Waals surface area contributed by atoms with Crippen LogP contribution >= 0.6 is 0 Å². The van der Waals surface area contributed by atoms with Crippen LogP contribution in [-0.4, -0.2) is 30.4 Å². The van der Waals surface area contributed by atoms with Crippen LogP contribution in [0.15, 0.2) is 22.8 Å². The number of hydrogen-bond acceptors (Lipinski definition) is 3. The highest BCUT2D eigenvalue weighted by molar-refractivity contribution is 5.79. The van der Waals surface area contributed by atoms with E-state index in [1.54, 1.807) is 6.26 Å². The van der Waals surface area contributed by atoms with Crippen molar-refractivity contribution in [1.82, 2.24) is 10.2 Å². The standard InChI is InChI=1S/C14H22N2O2/c1-2-3-8-16(11-13-5-4-9-18-13)14(17)12-6-7-15-10-12/h4-5,9,12,15H,2-3,6-8,10-11H2,1H3. The molecule has 0 bridgehead atoms. The van der Waals surface area contributed by atoms with Gasteiger partial charge in [0.25, 0.3) is 0 Å². The van der Waals surface area contributed by atoms with Crippen LogP contribution in [0.3, 0.4) is 0 Å². The van der Waals surface area contributed by atoms with Crippen LogP contribution in [0.1, 0.15) is 31.9 Å². The normalized spacial score (nSPS) is 19.1. The molecule has 0 saturated carbocycles. The van der Waals surface area contributed by atoms with E-state index >= 15 is 0 Å². The van der Waals surface area contributed by atoms with E-state index in [9.17, 15) is 4.79 Å². The van der Waals surface area contributed by atoms with Crippen LogP contribution in [0.2, 0.25) is 0 Å². The summed E-state index contributed by atoms with van der Waals surface area (Å²) >= 11 is 0. The van der Waals surface area contributed by atoms with E-state index in [-0.39, 0.29) is 11.8 Å². The van der Waals surface area contributed by atoms with Gasteiger partial charge < -0.3 is 14.6 Å². The van der Waals surface area contributed by atoms with Crippen molar-refractivity contribution >= 4 is 5.91 Å². The highest BCUT2D eigenvalue weighted by Crippen LogP contribution is 2.15. The number of nitrogens with zero attached hydrogens (tertiary/aromatic N) is 1. The molecule has 2 heterocycles. The molecule has 0 aromatic carbocycles. The number of furan rings is 1. The van der Waals surface area contributed by atoms with E-state index in [0.717, 1.165) is 44.7 Å². The average molecular weight is 250 g/mol. The summed E-state index contributed by atoms with van der Waals surface area (Å²) in [5, 5.41) is 3.25. The number of nitrogens with one attached hydrogen (secondary N) is 1. The van der Waals surface area contributed by atoms with Crippen LogP contribution in [0.25, 0.3) is 0 Å². The molecule has 1 fully saturated rings. The molecule has 1 aliphatic rings. The van der Waals surface area contributed by atoms with E-state index in [2.05, 4.69) is 12.2 Å².